The van der Waals surface area contributed by atoms with Gasteiger partial charge in [0, 0.05) is 24.3 Å². The summed E-state index contributed by atoms with van der Waals surface area (Å²) >= 11 is 0. The first-order valence-electron chi connectivity index (χ1n) is 8.94. The van der Waals surface area contributed by atoms with Crippen molar-refractivity contribution in [2.24, 2.45) is 11.1 Å². The number of amides is 2. The highest BCUT2D eigenvalue weighted by Gasteiger charge is 2.27. The summed E-state index contributed by atoms with van der Waals surface area (Å²) in [6, 6.07) is 6.28. The lowest BCUT2D eigenvalue weighted by Gasteiger charge is -2.25. The Morgan fingerprint density at radius 2 is 1.67 bits per heavy atom. The third-order valence-corrected chi connectivity index (χ3v) is 4.54. The maximum Gasteiger partial charge on any atom is 0.251 e. The number of hydrogen-bond acceptors (Lipinski definition) is 4. The fraction of sp³-hybridized carbons (Fsp3) is 0.579. The van der Waals surface area contributed by atoms with Gasteiger partial charge in [-0.25, -0.2) is 0 Å². The van der Waals surface area contributed by atoms with Crippen LogP contribution in [0.15, 0.2) is 24.3 Å². The summed E-state index contributed by atoms with van der Waals surface area (Å²) in [6.45, 7) is 9.57. The normalized spacial score (nSPS) is 15.3. The van der Waals surface area contributed by atoms with Crippen molar-refractivity contribution in [1.29, 1.82) is 0 Å². The molecule has 1 atom stereocenters. The van der Waals surface area contributed by atoms with Crippen LogP contribution in [0.1, 0.15) is 44.0 Å². The lowest BCUT2D eigenvalue weighted by atomic mass is 9.87. The predicted octanol–water partition coefficient (Wildman–Crippen LogP) is 2.67. The first-order valence-corrected chi connectivity index (χ1v) is 8.94. The average molecular weight is 419 g/mol. The first kappa shape index (κ1) is 25.7. The summed E-state index contributed by atoms with van der Waals surface area (Å²) in [7, 11) is 0. The van der Waals surface area contributed by atoms with Gasteiger partial charge in [-0.1, -0.05) is 20.8 Å². The lowest BCUT2D eigenvalue weighted by molar-refractivity contribution is -0.119. The molecule has 0 unspecified atom stereocenters. The van der Waals surface area contributed by atoms with Crippen LogP contribution >= 0.6 is 24.8 Å². The molecule has 0 aliphatic carbocycles. The summed E-state index contributed by atoms with van der Waals surface area (Å²) in [5, 5.41) is 5.73. The van der Waals surface area contributed by atoms with E-state index in [0.29, 0.717) is 17.8 Å². The van der Waals surface area contributed by atoms with E-state index in [0.717, 1.165) is 19.6 Å². The minimum absolute atomic E-state index is 0. The van der Waals surface area contributed by atoms with Crippen LogP contribution in [0.4, 0.5) is 5.69 Å². The second-order valence-corrected chi connectivity index (χ2v) is 7.71. The summed E-state index contributed by atoms with van der Waals surface area (Å²) < 4.78 is 0. The summed E-state index contributed by atoms with van der Waals surface area (Å²) in [5.41, 5.74) is 6.86. The van der Waals surface area contributed by atoms with E-state index >= 15 is 0 Å². The molecule has 2 amide bonds. The number of hydrogen-bond donors (Lipinski definition) is 3. The number of carbonyl (C=O) groups is 2. The summed E-state index contributed by atoms with van der Waals surface area (Å²) in [4.78, 5) is 26.6. The number of anilines is 1. The van der Waals surface area contributed by atoms with Crippen LogP contribution in [0.25, 0.3) is 0 Å². The second-order valence-electron chi connectivity index (χ2n) is 7.71. The van der Waals surface area contributed by atoms with Crippen molar-refractivity contribution in [3.63, 3.8) is 0 Å². The van der Waals surface area contributed by atoms with Crippen molar-refractivity contribution < 1.29 is 9.59 Å². The molecule has 2 rings (SSSR count). The molecule has 0 radical (unpaired) electrons. The standard InChI is InChI=1S/C19H30N4O2.2ClH/c1-19(2,3)16(20)18(25)22-15-8-6-14(7-9-15)17(24)21-10-13-23-11-4-5-12-23;;/h6-9,16H,4-5,10-13,20H2,1-3H3,(H,21,24)(H,22,25);2*1H/t16-;;/m1../s1. The molecule has 27 heavy (non-hydrogen) atoms. The smallest absolute Gasteiger partial charge is 0.251 e. The molecule has 1 aliphatic rings. The molecule has 1 heterocycles. The van der Waals surface area contributed by atoms with E-state index in [2.05, 4.69) is 15.5 Å². The molecule has 4 N–H and O–H groups in total. The number of rotatable bonds is 6. The number of halogens is 2. The largest absolute Gasteiger partial charge is 0.351 e. The summed E-state index contributed by atoms with van der Waals surface area (Å²) in [6.07, 6.45) is 2.50. The number of nitrogens with zero attached hydrogens (tertiary/aromatic N) is 1. The molecule has 1 saturated heterocycles. The molecule has 0 aromatic heterocycles. The third kappa shape index (κ3) is 8.05. The van der Waals surface area contributed by atoms with Crippen LogP contribution < -0.4 is 16.4 Å². The van der Waals surface area contributed by atoms with E-state index in [4.69, 9.17) is 5.73 Å². The molecule has 0 spiro atoms. The van der Waals surface area contributed by atoms with Gasteiger partial charge in [-0.2, -0.15) is 0 Å². The van der Waals surface area contributed by atoms with E-state index in [1.165, 1.54) is 12.8 Å². The quantitative estimate of drug-likeness (QED) is 0.662. The van der Waals surface area contributed by atoms with Gasteiger partial charge in [0.1, 0.15) is 0 Å². The molecule has 0 saturated carbocycles. The van der Waals surface area contributed by atoms with Gasteiger partial charge in [0.15, 0.2) is 0 Å². The number of carbonyl (C=O) groups excluding carboxylic acids is 2. The fourth-order valence-corrected chi connectivity index (χ4v) is 2.75. The Kier molecular flexibility index (Phi) is 10.9. The molecule has 154 valence electrons. The molecular formula is C19H32Cl2N4O2. The van der Waals surface area contributed by atoms with Crippen molar-refractivity contribution in [2.45, 2.75) is 39.7 Å². The minimum atomic E-state index is -0.596. The van der Waals surface area contributed by atoms with Crippen molar-refractivity contribution in [1.82, 2.24) is 10.2 Å². The fourth-order valence-electron chi connectivity index (χ4n) is 2.75. The molecule has 0 bridgehead atoms. The zero-order valence-corrected chi connectivity index (χ0v) is 17.9. The van der Waals surface area contributed by atoms with Crippen LogP contribution in [-0.2, 0) is 4.79 Å². The van der Waals surface area contributed by atoms with Crippen LogP contribution in [-0.4, -0.2) is 48.9 Å². The van der Waals surface area contributed by atoms with Gasteiger partial charge >= 0.3 is 0 Å². The first-order chi connectivity index (χ1) is 11.8. The monoisotopic (exact) mass is 418 g/mol. The van der Waals surface area contributed by atoms with Crippen LogP contribution in [0.2, 0.25) is 0 Å². The zero-order chi connectivity index (χ0) is 18.4. The van der Waals surface area contributed by atoms with Gasteiger partial charge in [0.25, 0.3) is 5.91 Å². The Hall–Kier alpha value is -1.34. The highest BCUT2D eigenvalue weighted by atomic mass is 35.5. The average Bonchev–Trinajstić information content (AvgIpc) is 3.07. The van der Waals surface area contributed by atoms with Crippen LogP contribution in [0.3, 0.4) is 0 Å². The van der Waals surface area contributed by atoms with Gasteiger partial charge in [0.2, 0.25) is 5.91 Å². The van der Waals surface area contributed by atoms with E-state index < -0.39 is 6.04 Å². The van der Waals surface area contributed by atoms with Gasteiger partial charge in [-0.15, -0.1) is 24.8 Å². The lowest BCUT2D eigenvalue weighted by Crippen LogP contribution is -2.45. The Morgan fingerprint density at radius 1 is 1.11 bits per heavy atom. The van der Waals surface area contributed by atoms with Crippen molar-refractivity contribution >= 4 is 42.3 Å². The maximum atomic E-state index is 12.2. The molecule has 8 heteroatoms. The Bertz CT molecular complexity index is 597. The van der Waals surface area contributed by atoms with Gasteiger partial charge in [0.05, 0.1) is 6.04 Å². The topological polar surface area (TPSA) is 87.5 Å². The maximum absolute atomic E-state index is 12.2. The summed E-state index contributed by atoms with van der Waals surface area (Å²) in [5.74, 6) is -0.321. The Labute approximate surface area is 174 Å². The highest BCUT2D eigenvalue weighted by molar-refractivity contribution is 5.97. The molecular weight excluding hydrogens is 387 g/mol. The Morgan fingerprint density at radius 3 is 2.19 bits per heavy atom. The number of nitrogens with one attached hydrogen (secondary N) is 2. The predicted molar refractivity (Wildman–Crippen MR) is 115 cm³/mol. The second kappa shape index (κ2) is 11.5. The SMILES string of the molecule is CC(C)(C)[C@H](N)C(=O)Nc1ccc(C(=O)NCCN2CCCC2)cc1.Cl.Cl. The van der Waals surface area contributed by atoms with Crippen molar-refractivity contribution in [3.05, 3.63) is 29.8 Å². The Balaban J connectivity index is 0.00000338. The molecule has 1 aromatic carbocycles. The van der Waals surface area contributed by atoms with Crippen LogP contribution in [0, 0.1) is 5.41 Å². The minimum Gasteiger partial charge on any atom is -0.351 e. The van der Waals surface area contributed by atoms with Gasteiger partial charge in [-0.3, -0.25) is 9.59 Å². The molecule has 1 aliphatic heterocycles. The van der Waals surface area contributed by atoms with Gasteiger partial charge in [-0.05, 0) is 55.6 Å². The van der Waals surface area contributed by atoms with E-state index in [1.807, 2.05) is 20.8 Å². The van der Waals surface area contributed by atoms with Gasteiger partial charge < -0.3 is 21.3 Å². The number of benzene rings is 1. The van der Waals surface area contributed by atoms with E-state index in [-0.39, 0.29) is 42.0 Å². The van der Waals surface area contributed by atoms with Crippen molar-refractivity contribution in [2.75, 3.05) is 31.5 Å². The highest BCUT2D eigenvalue weighted by Crippen LogP contribution is 2.19. The zero-order valence-electron chi connectivity index (χ0n) is 16.3. The van der Waals surface area contributed by atoms with Crippen LogP contribution in [0.5, 0.6) is 0 Å². The molecule has 1 fully saturated rings. The van der Waals surface area contributed by atoms with E-state index in [1.54, 1.807) is 24.3 Å². The molecule has 1 aromatic rings. The third-order valence-electron chi connectivity index (χ3n) is 4.54. The van der Waals surface area contributed by atoms with Crippen molar-refractivity contribution in [3.8, 4) is 0 Å². The number of likely N-dealkylation sites (tertiary alicyclic amines) is 1. The van der Waals surface area contributed by atoms with E-state index in [9.17, 15) is 9.59 Å². The number of nitrogens with two attached hydrogens (primary N) is 1. The molecule has 6 nitrogen and oxygen atoms in total.